The highest BCUT2D eigenvalue weighted by Gasteiger charge is 2.03. The summed E-state index contributed by atoms with van der Waals surface area (Å²) >= 11 is 7.60. The Morgan fingerprint density at radius 2 is 1.75 bits per heavy atom. The zero-order valence-electron chi connectivity index (χ0n) is 16.1. The molecule has 0 heterocycles. The molecule has 28 heavy (non-hydrogen) atoms. The maximum atomic E-state index is 12.0. The van der Waals surface area contributed by atoms with Crippen LogP contribution in [0.1, 0.15) is 18.4 Å². The van der Waals surface area contributed by atoms with Crippen molar-refractivity contribution in [1.82, 2.24) is 10.2 Å². The Morgan fingerprint density at radius 1 is 1.07 bits per heavy atom. The lowest BCUT2D eigenvalue weighted by Crippen LogP contribution is -2.23. The number of hydrogen-bond acceptors (Lipinski definition) is 3. The van der Waals surface area contributed by atoms with Crippen molar-refractivity contribution >= 4 is 60.2 Å². The van der Waals surface area contributed by atoms with Crippen LogP contribution in [0.15, 0.2) is 64.4 Å². The van der Waals surface area contributed by atoms with Gasteiger partial charge in [-0.1, -0.05) is 41.6 Å². The van der Waals surface area contributed by atoms with Crippen molar-refractivity contribution in [2.24, 2.45) is 0 Å². The standard InChI is InChI=1S/C21H25ClN2OS.2ClH/c1-24(2)16-6-5-15-23-21(25)14-9-17-7-3-4-8-20(17)26-19-12-10-18(22)11-13-19;;/h3-4,7-14H,5-6,15-16H2,1-2H3,(H,23,25);2*1H. The summed E-state index contributed by atoms with van der Waals surface area (Å²) in [5.74, 6) is -0.0545. The quantitative estimate of drug-likeness (QED) is 0.378. The fourth-order valence-electron chi connectivity index (χ4n) is 2.33. The van der Waals surface area contributed by atoms with Gasteiger partial charge in [0.2, 0.25) is 5.91 Å². The first-order valence-corrected chi connectivity index (χ1v) is 9.87. The molecule has 2 rings (SSSR count). The molecule has 0 fully saturated rings. The van der Waals surface area contributed by atoms with Crippen LogP contribution in [0.5, 0.6) is 0 Å². The van der Waals surface area contributed by atoms with E-state index in [-0.39, 0.29) is 30.7 Å². The predicted molar refractivity (Wildman–Crippen MR) is 126 cm³/mol. The van der Waals surface area contributed by atoms with Gasteiger partial charge in [0.25, 0.3) is 0 Å². The van der Waals surface area contributed by atoms with Crippen molar-refractivity contribution in [3.05, 3.63) is 65.2 Å². The molecule has 0 unspecified atom stereocenters. The van der Waals surface area contributed by atoms with Gasteiger partial charge in [-0.25, -0.2) is 0 Å². The van der Waals surface area contributed by atoms with E-state index < -0.39 is 0 Å². The largest absolute Gasteiger partial charge is 0.353 e. The predicted octanol–water partition coefficient (Wildman–Crippen LogP) is 5.81. The zero-order chi connectivity index (χ0) is 18.8. The summed E-state index contributed by atoms with van der Waals surface area (Å²) in [6.45, 7) is 1.75. The Morgan fingerprint density at radius 3 is 2.43 bits per heavy atom. The Kier molecular flexibility index (Phi) is 14.2. The van der Waals surface area contributed by atoms with Crippen LogP contribution in [-0.2, 0) is 4.79 Å². The minimum atomic E-state index is -0.0545. The second-order valence-corrected chi connectivity index (χ2v) is 7.78. The van der Waals surface area contributed by atoms with Crippen molar-refractivity contribution in [3.8, 4) is 0 Å². The van der Waals surface area contributed by atoms with Crippen LogP contribution in [0.4, 0.5) is 0 Å². The maximum absolute atomic E-state index is 12.0. The Bertz CT molecular complexity index is 737. The lowest BCUT2D eigenvalue weighted by Gasteiger charge is -2.08. The number of benzene rings is 2. The molecule has 0 aliphatic heterocycles. The number of nitrogens with one attached hydrogen (secondary N) is 1. The van der Waals surface area contributed by atoms with Crippen molar-refractivity contribution in [2.45, 2.75) is 22.6 Å². The summed E-state index contributed by atoms with van der Waals surface area (Å²) in [4.78, 5) is 16.4. The number of halogens is 3. The number of amides is 1. The van der Waals surface area contributed by atoms with E-state index in [2.05, 4.69) is 30.4 Å². The van der Waals surface area contributed by atoms with Gasteiger partial charge in [-0.15, -0.1) is 24.8 Å². The maximum Gasteiger partial charge on any atom is 0.243 e. The third-order valence-electron chi connectivity index (χ3n) is 3.71. The second-order valence-electron chi connectivity index (χ2n) is 6.23. The van der Waals surface area contributed by atoms with Crippen molar-refractivity contribution in [2.75, 3.05) is 27.2 Å². The van der Waals surface area contributed by atoms with Gasteiger partial charge < -0.3 is 10.2 Å². The molecule has 3 nitrogen and oxygen atoms in total. The molecule has 2 aromatic rings. The molecule has 0 atom stereocenters. The molecule has 0 aliphatic carbocycles. The fourth-order valence-corrected chi connectivity index (χ4v) is 3.38. The third kappa shape index (κ3) is 10.4. The molecule has 0 bridgehead atoms. The van der Waals surface area contributed by atoms with Crippen LogP contribution in [0.25, 0.3) is 6.08 Å². The summed E-state index contributed by atoms with van der Waals surface area (Å²) < 4.78 is 0. The molecule has 0 spiro atoms. The number of carbonyl (C=O) groups excluding carboxylic acids is 1. The number of nitrogens with zero attached hydrogens (tertiary/aromatic N) is 1. The summed E-state index contributed by atoms with van der Waals surface area (Å²) in [6, 6.07) is 15.8. The molecular weight excluding hydrogens is 435 g/mol. The molecule has 2 aromatic carbocycles. The fraction of sp³-hybridized carbons (Fsp3) is 0.286. The Balaban J connectivity index is 0.00000364. The smallest absolute Gasteiger partial charge is 0.243 e. The first-order chi connectivity index (χ1) is 12.5. The highest BCUT2D eigenvalue weighted by atomic mass is 35.5. The van der Waals surface area contributed by atoms with Crippen molar-refractivity contribution < 1.29 is 4.79 Å². The molecule has 1 N–H and O–H groups in total. The SMILES string of the molecule is CN(C)CCCCNC(=O)C=Cc1ccccc1Sc1ccc(Cl)cc1.Cl.Cl. The normalized spacial score (nSPS) is 10.4. The van der Waals surface area contributed by atoms with E-state index in [1.165, 1.54) is 0 Å². The van der Waals surface area contributed by atoms with E-state index in [4.69, 9.17) is 11.6 Å². The van der Waals surface area contributed by atoms with Gasteiger partial charge in [0, 0.05) is 27.4 Å². The average Bonchev–Trinajstić information content (AvgIpc) is 2.62. The topological polar surface area (TPSA) is 32.3 Å². The molecule has 154 valence electrons. The van der Waals surface area contributed by atoms with Gasteiger partial charge in [0.15, 0.2) is 0 Å². The molecule has 0 saturated heterocycles. The summed E-state index contributed by atoms with van der Waals surface area (Å²) in [7, 11) is 4.11. The van der Waals surface area contributed by atoms with Crippen LogP contribution < -0.4 is 5.32 Å². The van der Waals surface area contributed by atoms with E-state index in [0.29, 0.717) is 6.54 Å². The Hall–Kier alpha value is -1.17. The second kappa shape index (κ2) is 14.8. The van der Waals surface area contributed by atoms with Gasteiger partial charge in [-0.2, -0.15) is 0 Å². The lowest BCUT2D eigenvalue weighted by atomic mass is 10.2. The zero-order valence-corrected chi connectivity index (χ0v) is 19.3. The monoisotopic (exact) mass is 460 g/mol. The van der Waals surface area contributed by atoms with Crippen molar-refractivity contribution in [1.29, 1.82) is 0 Å². The lowest BCUT2D eigenvalue weighted by molar-refractivity contribution is -0.116. The van der Waals surface area contributed by atoms with E-state index in [1.807, 2.05) is 48.5 Å². The molecule has 1 amide bonds. The molecule has 0 radical (unpaired) electrons. The third-order valence-corrected chi connectivity index (χ3v) is 5.06. The Labute approximate surface area is 189 Å². The summed E-state index contributed by atoms with van der Waals surface area (Å²) in [6.07, 6.45) is 5.54. The average molecular weight is 462 g/mol. The van der Waals surface area contributed by atoms with E-state index >= 15 is 0 Å². The summed E-state index contributed by atoms with van der Waals surface area (Å²) in [5.41, 5.74) is 1.02. The molecule has 0 aliphatic rings. The highest BCUT2D eigenvalue weighted by molar-refractivity contribution is 7.99. The van der Waals surface area contributed by atoms with Crippen LogP contribution in [0.3, 0.4) is 0 Å². The van der Waals surface area contributed by atoms with E-state index in [9.17, 15) is 4.79 Å². The summed E-state index contributed by atoms with van der Waals surface area (Å²) in [5, 5.41) is 3.66. The van der Waals surface area contributed by atoms with Gasteiger partial charge in [0.05, 0.1) is 0 Å². The molecule has 0 saturated carbocycles. The molecule has 0 aromatic heterocycles. The number of hydrogen-bond donors (Lipinski definition) is 1. The van der Waals surface area contributed by atoms with Crippen LogP contribution in [0.2, 0.25) is 5.02 Å². The van der Waals surface area contributed by atoms with E-state index in [1.54, 1.807) is 17.8 Å². The van der Waals surface area contributed by atoms with Gasteiger partial charge in [0.1, 0.15) is 0 Å². The number of unbranched alkanes of at least 4 members (excludes halogenated alkanes) is 1. The minimum Gasteiger partial charge on any atom is -0.353 e. The van der Waals surface area contributed by atoms with Gasteiger partial charge in [-0.05, 0) is 75.5 Å². The first-order valence-electron chi connectivity index (χ1n) is 8.67. The van der Waals surface area contributed by atoms with Gasteiger partial charge in [-0.3, -0.25) is 4.79 Å². The molecular formula is C21H27Cl3N2OS. The highest BCUT2D eigenvalue weighted by Crippen LogP contribution is 2.31. The van der Waals surface area contributed by atoms with Gasteiger partial charge >= 0.3 is 0 Å². The minimum absolute atomic E-state index is 0. The van der Waals surface area contributed by atoms with Crippen LogP contribution >= 0.6 is 48.2 Å². The van der Waals surface area contributed by atoms with Crippen LogP contribution in [0, 0.1) is 0 Å². The number of carbonyl (C=O) groups is 1. The first kappa shape index (κ1) is 26.8. The molecule has 7 heteroatoms. The number of rotatable bonds is 9. The van der Waals surface area contributed by atoms with Crippen molar-refractivity contribution in [3.63, 3.8) is 0 Å². The van der Waals surface area contributed by atoms with E-state index in [0.717, 1.165) is 39.8 Å². The van der Waals surface area contributed by atoms with Crippen LogP contribution in [-0.4, -0.2) is 38.0 Å².